The van der Waals surface area contributed by atoms with Crippen molar-refractivity contribution in [1.29, 1.82) is 0 Å². The van der Waals surface area contributed by atoms with Crippen LogP contribution in [0.1, 0.15) is 40.0 Å². The highest BCUT2D eigenvalue weighted by molar-refractivity contribution is 7.80. The third kappa shape index (κ3) is 4.19. The van der Waals surface area contributed by atoms with Crippen molar-refractivity contribution in [3.8, 4) is 0 Å². The van der Waals surface area contributed by atoms with Gasteiger partial charge in [0.25, 0.3) is 0 Å². The monoisotopic (exact) mass is 257 g/mol. The van der Waals surface area contributed by atoms with Crippen molar-refractivity contribution < 1.29 is 0 Å². The third-order valence-corrected chi connectivity index (χ3v) is 4.11. The molecule has 0 saturated carbocycles. The summed E-state index contributed by atoms with van der Waals surface area (Å²) in [6.45, 7) is 11.3. The van der Waals surface area contributed by atoms with E-state index < -0.39 is 0 Å². The summed E-state index contributed by atoms with van der Waals surface area (Å²) in [5.41, 5.74) is 5.80. The molecule has 4 heteroatoms. The Kier molecular flexibility index (Phi) is 6.38. The average molecular weight is 257 g/mol. The first kappa shape index (κ1) is 14.9. The second-order valence-electron chi connectivity index (χ2n) is 5.04. The summed E-state index contributed by atoms with van der Waals surface area (Å²) in [6, 6.07) is 1.01. The SMILES string of the molecule is CCCC(C)N1CCN(C(CC)C(N)=S)CC1. The van der Waals surface area contributed by atoms with Gasteiger partial charge in [0, 0.05) is 32.2 Å². The molecule has 1 rings (SSSR count). The van der Waals surface area contributed by atoms with Crippen LogP contribution in [0.25, 0.3) is 0 Å². The average Bonchev–Trinajstić information content (AvgIpc) is 2.30. The Labute approximate surface area is 111 Å². The van der Waals surface area contributed by atoms with Gasteiger partial charge in [0.05, 0.1) is 11.0 Å². The molecule has 17 heavy (non-hydrogen) atoms. The highest BCUT2D eigenvalue weighted by Crippen LogP contribution is 2.14. The highest BCUT2D eigenvalue weighted by atomic mass is 32.1. The number of hydrogen-bond donors (Lipinski definition) is 1. The van der Waals surface area contributed by atoms with Crippen molar-refractivity contribution in [2.75, 3.05) is 26.2 Å². The molecule has 3 nitrogen and oxygen atoms in total. The Hall–Kier alpha value is -0.190. The van der Waals surface area contributed by atoms with Gasteiger partial charge >= 0.3 is 0 Å². The minimum Gasteiger partial charge on any atom is -0.392 e. The van der Waals surface area contributed by atoms with Crippen LogP contribution in [-0.4, -0.2) is 53.1 Å². The van der Waals surface area contributed by atoms with Gasteiger partial charge in [-0.05, 0) is 19.8 Å². The summed E-state index contributed by atoms with van der Waals surface area (Å²) in [4.78, 5) is 5.69. The molecule has 2 atom stereocenters. The van der Waals surface area contributed by atoms with Crippen LogP contribution in [0.4, 0.5) is 0 Å². The summed E-state index contributed by atoms with van der Waals surface area (Å²) in [7, 11) is 0. The molecular formula is C13H27N3S. The first-order chi connectivity index (χ1) is 8.10. The van der Waals surface area contributed by atoms with E-state index in [1.165, 1.54) is 12.8 Å². The molecule has 100 valence electrons. The molecular weight excluding hydrogens is 230 g/mol. The molecule has 2 N–H and O–H groups in total. The van der Waals surface area contributed by atoms with Crippen molar-refractivity contribution in [1.82, 2.24) is 9.80 Å². The van der Waals surface area contributed by atoms with Gasteiger partial charge in [-0.1, -0.05) is 32.5 Å². The van der Waals surface area contributed by atoms with Gasteiger partial charge in [0.2, 0.25) is 0 Å². The zero-order chi connectivity index (χ0) is 12.8. The lowest BCUT2D eigenvalue weighted by Gasteiger charge is -2.41. The van der Waals surface area contributed by atoms with Gasteiger partial charge in [-0.3, -0.25) is 9.80 Å². The number of rotatable bonds is 6. The topological polar surface area (TPSA) is 32.5 Å². The Bertz CT molecular complexity index is 237. The number of nitrogens with two attached hydrogens (primary N) is 1. The van der Waals surface area contributed by atoms with Gasteiger partial charge in [0.15, 0.2) is 0 Å². The lowest BCUT2D eigenvalue weighted by atomic mass is 10.1. The Morgan fingerprint density at radius 2 is 1.71 bits per heavy atom. The highest BCUT2D eigenvalue weighted by Gasteiger charge is 2.25. The van der Waals surface area contributed by atoms with Gasteiger partial charge in [-0.15, -0.1) is 0 Å². The van der Waals surface area contributed by atoms with Crippen LogP contribution >= 0.6 is 12.2 Å². The second kappa shape index (κ2) is 7.29. The van der Waals surface area contributed by atoms with Crippen LogP contribution < -0.4 is 5.73 Å². The normalized spacial score (nSPS) is 22.3. The zero-order valence-electron chi connectivity index (χ0n) is 11.5. The second-order valence-corrected chi connectivity index (χ2v) is 5.51. The number of hydrogen-bond acceptors (Lipinski definition) is 3. The van der Waals surface area contributed by atoms with Gasteiger partial charge in [0.1, 0.15) is 0 Å². The van der Waals surface area contributed by atoms with Crippen molar-refractivity contribution in [2.24, 2.45) is 5.73 Å². The summed E-state index contributed by atoms with van der Waals surface area (Å²) in [5, 5.41) is 0. The number of piperazine rings is 1. The molecule has 1 aliphatic heterocycles. The Morgan fingerprint density at radius 1 is 1.18 bits per heavy atom. The van der Waals surface area contributed by atoms with E-state index in [9.17, 15) is 0 Å². The lowest BCUT2D eigenvalue weighted by Crippen LogP contribution is -2.55. The van der Waals surface area contributed by atoms with Gasteiger partial charge in [-0.25, -0.2) is 0 Å². The largest absolute Gasteiger partial charge is 0.392 e. The van der Waals surface area contributed by atoms with Gasteiger partial charge < -0.3 is 5.73 Å². The maximum atomic E-state index is 5.80. The summed E-state index contributed by atoms with van der Waals surface area (Å²) < 4.78 is 0. The summed E-state index contributed by atoms with van der Waals surface area (Å²) in [5.74, 6) is 0. The van der Waals surface area contributed by atoms with E-state index in [1.807, 2.05) is 0 Å². The first-order valence-electron chi connectivity index (χ1n) is 6.87. The molecule has 1 heterocycles. The van der Waals surface area contributed by atoms with Gasteiger partial charge in [-0.2, -0.15) is 0 Å². The van der Waals surface area contributed by atoms with E-state index >= 15 is 0 Å². The molecule has 0 bridgehead atoms. The molecule has 2 unspecified atom stereocenters. The quantitative estimate of drug-likeness (QED) is 0.736. The smallest absolute Gasteiger partial charge is 0.0901 e. The van der Waals surface area contributed by atoms with Crippen LogP contribution in [0.5, 0.6) is 0 Å². The molecule has 1 fully saturated rings. The van der Waals surface area contributed by atoms with E-state index in [4.69, 9.17) is 18.0 Å². The van der Waals surface area contributed by atoms with Crippen LogP contribution in [0.15, 0.2) is 0 Å². The number of thiocarbonyl (C=S) groups is 1. The molecule has 0 spiro atoms. The lowest BCUT2D eigenvalue weighted by molar-refractivity contribution is 0.0866. The summed E-state index contributed by atoms with van der Waals surface area (Å²) >= 11 is 5.14. The van der Waals surface area contributed by atoms with Crippen LogP contribution in [-0.2, 0) is 0 Å². The molecule has 0 radical (unpaired) electrons. The molecule has 0 aromatic carbocycles. The fraction of sp³-hybridized carbons (Fsp3) is 0.923. The van der Waals surface area contributed by atoms with Crippen LogP contribution in [0, 0.1) is 0 Å². The maximum absolute atomic E-state index is 5.80. The van der Waals surface area contributed by atoms with E-state index in [0.29, 0.717) is 17.1 Å². The van der Waals surface area contributed by atoms with Crippen molar-refractivity contribution in [3.05, 3.63) is 0 Å². The van der Waals surface area contributed by atoms with Crippen molar-refractivity contribution >= 4 is 17.2 Å². The molecule has 0 aliphatic carbocycles. The van der Waals surface area contributed by atoms with E-state index in [-0.39, 0.29) is 0 Å². The summed E-state index contributed by atoms with van der Waals surface area (Å²) in [6.07, 6.45) is 3.60. The third-order valence-electron chi connectivity index (χ3n) is 3.83. The van der Waals surface area contributed by atoms with Crippen molar-refractivity contribution in [2.45, 2.75) is 52.1 Å². The van der Waals surface area contributed by atoms with Crippen LogP contribution in [0.3, 0.4) is 0 Å². The fourth-order valence-electron chi connectivity index (χ4n) is 2.73. The maximum Gasteiger partial charge on any atom is 0.0901 e. The first-order valence-corrected chi connectivity index (χ1v) is 7.28. The molecule has 0 amide bonds. The molecule has 1 aliphatic rings. The van der Waals surface area contributed by atoms with Crippen LogP contribution in [0.2, 0.25) is 0 Å². The molecule has 0 aromatic rings. The van der Waals surface area contributed by atoms with E-state index in [1.54, 1.807) is 0 Å². The van der Waals surface area contributed by atoms with E-state index in [0.717, 1.165) is 32.6 Å². The van der Waals surface area contributed by atoms with E-state index in [2.05, 4.69) is 30.6 Å². The predicted octanol–water partition coefficient (Wildman–Crippen LogP) is 1.86. The standard InChI is InChI=1S/C13H27N3S/c1-4-6-11(3)15-7-9-16(10-8-15)12(5-2)13(14)17/h11-12H,4-10H2,1-3H3,(H2,14,17). The Balaban J connectivity index is 2.42. The van der Waals surface area contributed by atoms with Crippen molar-refractivity contribution in [3.63, 3.8) is 0 Å². The Morgan fingerprint density at radius 3 is 2.12 bits per heavy atom. The minimum atomic E-state index is 0.300. The molecule has 0 aromatic heterocycles. The fourth-order valence-corrected chi connectivity index (χ4v) is 3.05. The minimum absolute atomic E-state index is 0.300. The molecule has 1 saturated heterocycles. The predicted molar refractivity (Wildman–Crippen MR) is 78.4 cm³/mol. The zero-order valence-corrected chi connectivity index (χ0v) is 12.3. The number of nitrogens with zero attached hydrogens (tertiary/aromatic N) is 2.